The highest BCUT2D eigenvalue weighted by Crippen LogP contribution is 2.26. The Kier molecular flexibility index (Phi) is 9.41. The van der Waals surface area contributed by atoms with Crippen LogP contribution in [0.4, 0.5) is 5.69 Å². The minimum Gasteiger partial charge on any atom is -0.352 e. The molecule has 36 heavy (non-hydrogen) atoms. The molecule has 9 heteroatoms. The van der Waals surface area contributed by atoms with Gasteiger partial charge in [0.1, 0.15) is 12.6 Å². The molecule has 1 aliphatic rings. The van der Waals surface area contributed by atoms with Gasteiger partial charge in [-0.1, -0.05) is 55.1 Å². The molecule has 0 aromatic heterocycles. The van der Waals surface area contributed by atoms with Gasteiger partial charge < -0.3 is 10.2 Å². The van der Waals surface area contributed by atoms with Gasteiger partial charge in [0.25, 0.3) is 0 Å². The number of nitrogens with one attached hydrogen (secondary N) is 1. The summed E-state index contributed by atoms with van der Waals surface area (Å²) in [6.07, 6.45) is 6.27. The van der Waals surface area contributed by atoms with E-state index in [-0.39, 0.29) is 18.5 Å². The Balaban J connectivity index is 1.89. The summed E-state index contributed by atoms with van der Waals surface area (Å²) in [7, 11) is -3.77. The molecule has 2 aromatic rings. The summed E-state index contributed by atoms with van der Waals surface area (Å²) in [5.41, 5.74) is 2.95. The fourth-order valence-corrected chi connectivity index (χ4v) is 5.56. The zero-order valence-corrected chi connectivity index (χ0v) is 23.0. The number of carbonyl (C=O) groups excluding carboxylic acids is 2. The van der Waals surface area contributed by atoms with E-state index in [0.717, 1.165) is 52.9 Å². The number of sulfonamides is 1. The minimum atomic E-state index is -3.77. The van der Waals surface area contributed by atoms with Gasteiger partial charge in [-0.05, 0) is 68.5 Å². The molecular weight excluding hydrogens is 498 g/mol. The number of halogens is 1. The predicted molar refractivity (Wildman–Crippen MR) is 145 cm³/mol. The second-order valence-corrected chi connectivity index (χ2v) is 12.0. The van der Waals surface area contributed by atoms with Gasteiger partial charge >= 0.3 is 0 Å². The number of amides is 2. The summed E-state index contributed by atoms with van der Waals surface area (Å²) in [4.78, 5) is 28.3. The van der Waals surface area contributed by atoms with Crippen LogP contribution >= 0.6 is 11.6 Å². The molecule has 0 heterocycles. The van der Waals surface area contributed by atoms with Crippen LogP contribution in [-0.2, 0) is 26.2 Å². The Bertz CT molecular complexity index is 1180. The van der Waals surface area contributed by atoms with Crippen molar-refractivity contribution in [3.05, 3.63) is 64.2 Å². The third-order valence-corrected chi connectivity index (χ3v) is 8.29. The van der Waals surface area contributed by atoms with Gasteiger partial charge in [0, 0.05) is 17.6 Å². The van der Waals surface area contributed by atoms with Crippen molar-refractivity contribution >= 4 is 39.1 Å². The molecule has 0 aliphatic heterocycles. The summed E-state index contributed by atoms with van der Waals surface area (Å²) in [5, 5.41) is 3.66. The van der Waals surface area contributed by atoms with Crippen molar-refractivity contribution in [2.24, 2.45) is 0 Å². The highest BCUT2D eigenvalue weighted by Gasteiger charge is 2.31. The SMILES string of the molecule is Cc1cccc(N(CC(=O)N(Cc2ccc(Cl)cc2)[C@@H](C)C(=O)NC2CCCCC2)S(C)(=O)=O)c1C. The predicted octanol–water partition coefficient (Wildman–Crippen LogP) is 4.59. The van der Waals surface area contributed by atoms with E-state index in [0.29, 0.717) is 10.7 Å². The van der Waals surface area contributed by atoms with Crippen LogP contribution in [0.3, 0.4) is 0 Å². The van der Waals surface area contributed by atoms with Gasteiger partial charge in [0.15, 0.2) is 0 Å². The average Bonchev–Trinajstić information content (AvgIpc) is 2.83. The molecule has 0 bridgehead atoms. The topological polar surface area (TPSA) is 86.8 Å². The molecule has 0 radical (unpaired) electrons. The fraction of sp³-hybridized carbons (Fsp3) is 0.481. The molecule has 2 amide bonds. The number of hydrogen-bond acceptors (Lipinski definition) is 4. The maximum absolute atomic E-state index is 13.7. The number of anilines is 1. The maximum atomic E-state index is 13.7. The standard InChI is InChI=1S/C27H36ClN3O4S/c1-19-9-8-12-25(20(19)2)31(36(4,34)35)18-26(32)30(17-22-13-15-23(28)16-14-22)21(3)27(33)29-24-10-6-5-7-11-24/h8-9,12-16,21,24H,5-7,10-11,17-18H2,1-4H3,(H,29,33)/t21-/m0/s1. The molecule has 1 saturated carbocycles. The van der Waals surface area contributed by atoms with E-state index in [4.69, 9.17) is 11.6 Å². The van der Waals surface area contributed by atoms with E-state index in [9.17, 15) is 18.0 Å². The van der Waals surface area contributed by atoms with Gasteiger partial charge in [-0.15, -0.1) is 0 Å². The summed E-state index contributed by atoms with van der Waals surface area (Å²) < 4.78 is 26.7. The molecule has 2 aromatic carbocycles. The number of carbonyl (C=O) groups is 2. The van der Waals surface area contributed by atoms with Gasteiger partial charge in [-0.25, -0.2) is 8.42 Å². The van der Waals surface area contributed by atoms with E-state index < -0.39 is 28.5 Å². The molecule has 3 rings (SSSR count). The van der Waals surface area contributed by atoms with Crippen LogP contribution in [0.5, 0.6) is 0 Å². The Morgan fingerprint density at radius 2 is 1.69 bits per heavy atom. The molecule has 1 atom stereocenters. The number of nitrogens with zero attached hydrogens (tertiary/aromatic N) is 2. The van der Waals surface area contributed by atoms with Crippen molar-refractivity contribution in [1.82, 2.24) is 10.2 Å². The highest BCUT2D eigenvalue weighted by molar-refractivity contribution is 7.92. The lowest BCUT2D eigenvalue weighted by Gasteiger charge is -2.33. The van der Waals surface area contributed by atoms with Gasteiger partial charge in [0.05, 0.1) is 11.9 Å². The Morgan fingerprint density at radius 1 is 1.06 bits per heavy atom. The molecule has 1 fully saturated rings. The molecule has 196 valence electrons. The Morgan fingerprint density at radius 3 is 2.31 bits per heavy atom. The molecule has 1 aliphatic carbocycles. The number of rotatable bonds is 9. The Hall–Kier alpha value is -2.58. The lowest BCUT2D eigenvalue weighted by molar-refractivity contribution is -0.139. The molecule has 0 unspecified atom stereocenters. The zero-order chi connectivity index (χ0) is 26.5. The first-order valence-electron chi connectivity index (χ1n) is 12.4. The first-order valence-corrected chi connectivity index (χ1v) is 14.6. The normalized spacial score (nSPS) is 15.2. The first kappa shape index (κ1) is 28.0. The maximum Gasteiger partial charge on any atom is 0.244 e. The van der Waals surface area contributed by atoms with Crippen molar-refractivity contribution < 1.29 is 18.0 Å². The summed E-state index contributed by atoms with van der Waals surface area (Å²) in [6.45, 7) is 5.16. The summed E-state index contributed by atoms with van der Waals surface area (Å²) in [6, 6.07) is 11.7. The molecule has 7 nitrogen and oxygen atoms in total. The first-order chi connectivity index (χ1) is 17.0. The van der Waals surface area contributed by atoms with E-state index in [1.54, 1.807) is 43.3 Å². The van der Waals surface area contributed by atoms with E-state index in [1.807, 2.05) is 19.9 Å². The Labute approximate surface area is 219 Å². The van der Waals surface area contributed by atoms with Crippen LogP contribution in [0.15, 0.2) is 42.5 Å². The van der Waals surface area contributed by atoms with E-state index in [1.165, 1.54) is 11.3 Å². The lowest BCUT2D eigenvalue weighted by Crippen LogP contribution is -2.53. The van der Waals surface area contributed by atoms with Gasteiger partial charge in [-0.2, -0.15) is 0 Å². The van der Waals surface area contributed by atoms with Crippen LogP contribution in [0, 0.1) is 13.8 Å². The number of benzene rings is 2. The van der Waals surface area contributed by atoms with Crippen LogP contribution in [0.25, 0.3) is 0 Å². The van der Waals surface area contributed by atoms with Gasteiger partial charge in [0.2, 0.25) is 21.8 Å². The number of aryl methyl sites for hydroxylation is 1. The van der Waals surface area contributed by atoms with Crippen molar-refractivity contribution in [2.75, 3.05) is 17.1 Å². The third-order valence-electron chi connectivity index (χ3n) is 6.91. The minimum absolute atomic E-state index is 0.101. The second kappa shape index (κ2) is 12.1. The van der Waals surface area contributed by atoms with Crippen LogP contribution in [-0.4, -0.2) is 50.0 Å². The van der Waals surface area contributed by atoms with Gasteiger partial charge in [-0.3, -0.25) is 13.9 Å². The van der Waals surface area contributed by atoms with E-state index >= 15 is 0 Å². The summed E-state index contributed by atoms with van der Waals surface area (Å²) in [5.74, 6) is -0.690. The molecule has 0 saturated heterocycles. The van der Waals surface area contributed by atoms with Crippen molar-refractivity contribution in [3.63, 3.8) is 0 Å². The molecule has 1 N–H and O–H groups in total. The third kappa shape index (κ3) is 7.23. The highest BCUT2D eigenvalue weighted by atomic mass is 35.5. The number of hydrogen-bond donors (Lipinski definition) is 1. The quantitative estimate of drug-likeness (QED) is 0.511. The van der Waals surface area contributed by atoms with Crippen LogP contribution in [0.1, 0.15) is 55.7 Å². The molecular formula is C27H36ClN3O4S. The fourth-order valence-electron chi connectivity index (χ4n) is 4.54. The van der Waals surface area contributed by atoms with Crippen molar-refractivity contribution in [1.29, 1.82) is 0 Å². The lowest BCUT2D eigenvalue weighted by atomic mass is 9.95. The summed E-state index contributed by atoms with van der Waals surface area (Å²) >= 11 is 6.03. The van der Waals surface area contributed by atoms with Crippen molar-refractivity contribution in [3.8, 4) is 0 Å². The van der Waals surface area contributed by atoms with Crippen LogP contribution < -0.4 is 9.62 Å². The molecule has 0 spiro atoms. The monoisotopic (exact) mass is 533 g/mol. The van der Waals surface area contributed by atoms with Crippen molar-refractivity contribution in [2.45, 2.75) is 71.5 Å². The van der Waals surface area contributed by atoms with Crippen LogP contribution in [0.2, 0.25) is 5.02 Å². The van der Waals surface area contributed by atoms with E-state index in [2.05, 4.69) is 5.32 Å². The second-order valence-electron chi connectivity index (χ2n) is 9.66. The largest absolute Gasteiger partial charge is 0.352 e. The smallest absolute Gasteiger partial charge is 0.244 e. The zero-order valence-electron chi connectivity index (χ0n) is 21.5. The average molecular weight is 534 g/mol.